The molecule has 0 unspecified atom stereocenters. The Labute approximate surface area is 208 Å². The maximum Gasteiger partial charge on any atom is 0.408 e. The van der Waals surface area contributed by atoms with E-state index in [0.29, 0.717) is 6.42 Å². The molecule has 7 nitrogen and oxygen atoms in total. The molecule has 7 heteroatoms. The molecule has 0 aliphatic heterocycles. The van der Waals surface area contributed by atoms with Crippen LogP contribution >= 0.6 is 0 Å². The number of nitrogens with one attached hydrogen (secondary N) is 2. The first-order chi connectivity index (χ1) is 16.5. The minimum Gasteiger partial charge on any atom is -0.467 e. The van der Waals surface area contributed by atoms with Crippen molar-refractivity contribution in [3.63, 3.8) is 0 Å². The molecule has 0 spiro atoms. The van der Waals surface area contributed by atoms with Crippen molar-refractivity contribution in [2.45, 2.75) is 71.6 Å². The lowest BCUT2D eigenvalue weighted by Crippen LogP contribution is -2.53. The lowest BCUT2D eigenvalue weighted by atomic mass is 9.86. The van der Waals surface area contributed by atoms with E-state index in [0.717, 1.165) is 11.1 Å². The van der Waals surface area contributed by atoms with E-state index in [2.05, 4.69) is 31.4 Å². The summed E-state index contributed by atoms with van der Waals surface area (Å²) in [6.45, 7) is 10.4. The number of methoxy groups -OCH3 is 1. The van der Waals surface area contributed by atoms with Gasteiger partial charge in [0.15, 0.2) is 0 Å². The molecule has 2 atom stereocenters. The van der Waals surface area contributed by atoms with Crippen LogP contribution in [0.5, 0.6) is 0 Å². The van der Waals surface area contributed by atoms with E-state index in [-0.39, 0.29) is 24.4 Å². The van der Waals surface area contributed by atoms with Gasteiger partial charge in [-0.3, -0.25) is 4.79 Å². The van der Waals surface area contributed by atoms with Gasteiger partial charge in [-0.2, -0.15) is 0 Å². The summed E-state index contributed by atoms with van der Waals surface area (Å²) in [5.41, 5.74) is 2.93. The van der Waals surface area contributed by atoms with Crippen molar-refractivity contribution in [2.75, 3.05) is 7.11 Å². The molecular formula is C28H38N2O5. The van der Waals surface area contributed by atoms with Crippen LogP contribution < -0.4 is 10.6 Å². The van der Waals surface area contributed by atoms with Gasteiger partial charge in [-0.25, -0.2) is 9.59 Å². The van der Waals surface area contributed by atoms with Crippen molar-refractivity contribution in [1.29, 1.82) is 0 Å². The van der Waals surface area contributed by atoms with Crippen molar-refractivity contribution in [3.05, 3.63) is 71.3 Å². The van der Waals surface area contributed by atoms with Crippen LogP contribution in [0.4, 0.5) is 4.79 Å². The van der Waals surface area contributed by atoms with Crippen LogP contribution in [0, 0.1) is 5.92 Å². The molecule has 0 fully saturated rings. The van der Waals surface area contributed by atoms with Crippen molar-refractivity contribution < 1.29 is 23.9 Å². The van der Waals surface area contributed by atoms with E-state index >= 15 is 0 Å². The van der Waals surface area contributed by atoms with Crippen LogP contribution in [-0.2, 0) is 37.5 Å². The predicted octanol–water partition coefficient (Wildman–Crippen LogP) is 4.53. The van der Waals surface area contributed by atoms with Crippen molar-refractivity contribution in [2.24, 2.45) is 5.92 Å². The highest BCUT2D eigenvalue weighted by Crippen LogP contribution is 2.22. The predicted molar refractivity (Wildman–Crippen MR) is 136 cm³/mol. The number of rotatable bonds is 10. The first-order valence-electron chi connectivity index (χ1n) is 11.9. The van der Waals surface area contributed by atoms with E-state index in [1.54, 1.807) is 0 Å². The maximum atomic E-state index is 13.1. The molecule has 2 N–H and O–H groups in total. The van der Waals surface area contributed by atoms with E-state index < -0.39 is 30.1 Å². The molecule has 2 amide bonds. The standard InChI is InChI=1S/C28H38N2O5/c1-19(2)16-23(30-27(33)35-18-21-10-8-7-9-11-21)25(31)29-24(26(32)34-6)17-20-12-14-22(15-13-20)28(3,4)5/h7-15,19,23-24H,16-18H2,1-6H3,(H,29,31)(H,30,33)/t23-,24-/m0/s1. The van der Waals surface area contributed by atoms with Gasteiger partial charge in [-0.1, -0.05) is 89.2 Å². The average Bonchev–Trinajstić information content (AvgIpc) is 2.81. The quantitative estimate of drug-likeness (QED) is 0.486. The molecular weight excluding hydrogens is 444 g/mol. The maximum absolute atomic E-state index is 13.1. The number of hydrogen-bond acceptors (Lipinski definition) is 5. The number of esters is 1. The van der Waals surface area contributed by atoms with Crippen LogP contribution in [0.15, 0.2) is 54.6 Å². The Kier molecular flexibility index (Phi) is 10.3. The monoisotopic (exact) mass is 482 g/mol. The Bertz CT molecular complexity index is 965. The lowest BCUT2D eigenvalue weighted by molar-refractivity contribution is -0.145. The minimum atomic E-state index is -0.884. The van der Waals surface area contributed by atoms with E-state index in [1.807, 2.05) is 68.4 Å². The zero-order valence-corrected chi connectivity index (χ0v) is 21.6. The fraction of sp³-hybridized carbons (Fsp3) is 0.464. The average molecular weight is 483 g/mol. The highest BCUT2D eigenvalue weighted by Gasteiger charge is 2.28. The molecule has 2 aromatic carbocycles. The molecule has 2 rings (SSSR count). The molecule has 35 heavy (non-hydrogen) atoms. The summed E-state index contributed by atoms with van der Waals surface area (Å²) in [6, 6.07) is 15.5. The Balaban J connectivity index is 2.06. The van der Waals surface area contributed by atoms with Crippen LogP contribution in [0.25, 0.3) is 0 Å². The Morgan fingerprint density at radius 1 is 0.857 bits per heavy atom. The molecule has 0 aliphatic carbocycles. The van der Waals surface area contributed by atoms with E-state index in [1.165, 1.54) is 12.7 Å². The zero-order chi connectivity index (χ0) is 26.0. The van der Waals surface area contributed by atoms with Gasteiger partial charge in [0.05, 0.1) is 7.11 Å². The summed E-state index contributed by atoms with van der Waals surface area (Å²) in [7, 11) is 1.29. The minimum absolute atomic E-state index is 0.0132. The number of alkyl carbamates (subject to hydrolysis) is 1. The van der Waals surface area contributed by atoms with E-state index in [4.69, 9.17) is 9.47 Å². The summed E-state index contributed by atoms with van der Waals surface area (Å²) in [5.74, 6) is -0.882. The molecule has 190 valence electrons. The molecule has 0 saturated heterocycles. The smallest absolute Gasteiger partial charge is 0.408 e. The number of benzene rings is 2. The van der Waals surface area contributed by atoms with Gasteiger partial charge in [-0.05, 0) is 34.4 Å². The van der Waals surface area contributed by atoms with Gasteiger partial charge in [-0.15, -0.1) is 0 Å². The number of ether oxygens (including phenoxy) is 2. The van der Waals surface area contributed by atoms with Gasteiger partial charge >= 0.3 is 12.1 Å². The summed E-state index contributed by atoms with van der Waals surface area (Å²) in [6.07, 6.45) is -0.0297. The summed E-state index contributed by atoms with van der Waals surface area (Å²) in [4.78, 5) is 37.9. The lowest BCUT2D eigenvalue weighted by Gasteiger charge is -2.24. The fourth-order valence-electron chi connectivity index (χ4n) is 3.59. The highest BCUT2D eigenvalue weighted by molar-refractivity contribution is 5.89. The van der Waals surface area contributed by atoms with Crippen LogP contribution in [0.2, 0.25) is 0 Å². The third-order valence-electron chi connectivity index (χ3n) is 5.59. The van der Waals surface area contributed by atoms with Crippen molar-refractivity contribution in [1.82, 2.24) is 10.6 Å². The van der Waals surface area contributed by atoms with Crippen LogP contribution in [-0.4, -0.2) is 37.2 Å². The van der Waals surface area contributed by atoms with Crippen molar-refractivity contribution >= 4 is 18.0 Å². The largest absolute Gasteiger partial charge is 0.467 e. The molecule has 0 saturated carbocycles. The number of carbonyl (C=O) groups excluding carboxylic acids is 3. The summed E-state index contributed by atoms with van der Waals surface area (Å²) in [5, 5.41) is 5.41. The van der Waals surface area contributed by atoms with Gasteiger partial charge < -0.3 is 20.1 Å². The SMILES string of the molecule is COC(=O)[C@H](Cc1ccc(C(C)(C)C)cc1)NC(=O)[C@H](CC(C)C)NC(=O)OCc1ccccc1. The molecule has 2 aromatic rings. The van der Waals surface area contributed by atoms with Crippen LogP contribution in [0.1, 0.15) is 57.7 Å². The topological polar surface area (TPSA) is 93.7 Å². The Hall–Kier alpha value is -3.35. The second kappa shape index (κ2) is 12.9. The second-order valence-electron chi connectivity index (χ2n) is 10.1. The number of hydrogen-bond donors (Lipinski definition) is 2. The molecule has 0 heterocycles. The second-order valence-corrected chi connectivity index (χ2v) is 10.1. The van der Waals surface area contributed by atoms with E-state index in [9.17, 15) is 14.4 Å². The zero-order valence-electron chi connectivity index (χ0n) is 21.6. The van der Waals surface area contributed by atoms with Crippen LogP contribution in [0.3, 0.4) is 0 Å². The van der Waals surface area contributed by atoms with Crippen molar-refractivity contribution in [3.8, 4) is 0 Å². The third kappa shape index (κ3) is 9.43. The van der Waals surface area contributed by atoms with Gasteiger partial charge in [0.25, 0.3) is 0 Å². The number of amides is 2. The molecule has 0 aromatic heterocycles. The fourth-order valence-corrected chi connectivity index (χ4v) is 3.59. The highest BCUT2D eigenvalue weighted by atomic mass is 16.5. The normalized spacial score (nSPS) is 13.0. The molecule has 0 bridgehead atoms. The molecule has 0 radical (unpaired) electrons. The summed E-state index contributed by atoms with van der Waals surface area (Å²) < 4.78 is 10.2. The first kappa shape index (κ1) is 27.9. The number of carbonyl (C=O) groups is 3. The first-order valence-corrected chi connectivity index (χ1v) is 11.9. The van der Waals surface area contributed by atoms with Gasteiger partial charge in [0, 0.05) is 6.42 Å². The molecule has 0 aliphatic rings. The summed E-state index contributed by atoms with van der Waals surface area (Å²) >= 11 is 0. The van der Waals surface area contributed by atoms with Gasteiger partial charge in [0.1, 0.15) is 18.7 Å². The third-order valence-corrected chi connectivity index (χ3v) is 5.59. The Morgan fingerprint density at radius 2 is 1.49 bits per heavy atom. The van der Waals surface area contributed by atoms with Gasteiger partial charge in [0.2, 0.25) is 5.91 Å². The Morgan fingerprint density at radius 3 is 2.03 bits per heavy atom.